The second-order valence-corrected chi connectivity index (χ2v) is 7.67. The van der Waals surface area contributed by atoms with Gasteiger partial charge in [0.15, 0.2) is 0 Å². The standard InChI is InChI=1S/C21H18O5S/c1-13-11-15(22)7-9-17(13)21(18-10-8-16(23)12-14(18)2)19-5-3-4-6-20(19)27(24,25)26/h3-12,22H,1-2H3,(H,24,25,26)/b21-18-. The van der Waals surface area contributed by atoms with E-state index in [1.165, 1.54) is 24.3 Å². The van der Waals surface area contributed by atoms with Gasteiger partial charge in [-0.15, -0.1) is 0 Å². The number of rotatable bonds is 3. The summed E-state index contributed by atoms with van der Waals surface area (Å²) in [5.74, 6) is 0.172. The number of hydrogen-bond donors (Lipinski definition) is 1. The maximum absolute atomic E-state index is 11.8. The summed E-state index contributed by atoms with van der Waals surface area (Å²) in [6.45, 7) is 3.58. The van der Waals surface area contributed by atoms with Gasteiger partial charge in [0.05, 0.1) is 4.90 Å². The maximum Gasteiger partial charge on any atom is 0.340 e. The van der Waals surface area contributed by atoms with Gasteiger partial charge in [0.25, 0.3) is 0 Å². The van der Waals surface area contributed by atoms with Gasteiger partial charge in [-0.1, -0.05) is 24.3 Å². The number of hydrogen-bond acceptors (Lipinski definition) is 4. The Morgan fingerprint density at radius 2 is 1.74 bits per heavy atom. The van der Waals surface area contributed by atoms with Gasteiger partial charge in [0.1, 0.15) is 15.9 Å². The molecule has 0 aliphatic heterocycles. The molecule has 2 N–H and O–H groups in total. The van der Waals surface area contributed by atoms with Gasteiger partial charge in [-0.2, -0.15) is 0 Å². The van der Waals surface area contributed by atoms with Crippen molar-refractivity contribution in [1.82, 2.24) is 0 Å². The van der Waals surface area contributed by atoms with Crippen LogP contribution >= 0.6 is 0 Å². The number of phenolic OH excluding ortho intramolecular Hbond substituents is 1. The summed E-state index contributed by atoms with van der Waals surface area (Å²) in [5.41, 5.74) is 3.61. The van der Waals surface area contributed by atoms with Crippen LogP contribution in [0, 0.1) is 6.92 Å². The average molecular weight is 382 g/mol. The lowest BCUT2D eigenvalue weighted by Gasteiger charge is -2.21. The van der Waals surface area contributed by atoms with E-state index in [9.17, 15) is 22.9 Å². The molecule has 0 heterocycles. The van der Waals surface area contributed by atoms with Crippen molar-refractivity contribution in [3.8, 4) is 5.75 Å². The third kappa shape index (κ3) is 3.77. The molecule has 0 atom stereocenters. The van der Waals surface area contributed by atoms with Gasteiger partial charge >= 0.3 is 5.78 Å². The predicted octanol–water partition coefficient (Wildman–Crippen LogP) is 3.47. The van der Waals surface area contributed by atoms with Crippen molar-refractivity contribution in [2.75, 3.05) is 0 Å². The molecule has 0 fully saturated rings. The molecule has 0 bridgehead atoms. The smallest absolute Gasteiger partial charge is 0.340 e. The Morgan fingerprint density at radius 3 is 2.37 bits per heavy atom. The first-order chi connectivity index (χ1) is 12.7. The van der Waals surface area contributed by atoms with Crippen LogP contribution in [0.15, 0.2) is 76.7 Å². The number of ketones is 1. The molecule has 2 aromatic rings. The average Bonchev–Trinajstić information content (AvgIpc) is 2.58. The van der Waals surface area contributed by atoms with Gasteiger partial charge < -0.3 is 9.66 Å². The molecule has 0 aromatic heterocycles. The molecule has 1 aliphatic carbocycles. The fraction of sp³-hybridized carbons (Fsp3) is 0.0952. The van der Waals surface area contributed by atoms with Gasteiger partial charge in [-0.05, 0) is 66.0 Å². The van der Waals surface area contributed by atoms with E-state index in [4.69, 9.17) is 0 Å². The number of carbonyl (C=O) groups excluding carboxylic acids is 1. The van der Waals surface area contributed by atoms with Crippen LogP contribution in [0.25, 0.3) is 5.57 Å². The Balaban J connectivity index is 2.44. The molecular weight excluding hydrogens is 364 g/mol. The first-order valence-electron chi connectivity index (χ1n) is 8.20. The summed E-state index contributed by atoms with van der Waals surface area (Å²) in [7, 11) is -4.71. The van der Waals surface area contributed by atoms with Crippen molar-refractivity contribution in [2.45, 2.75) is 18.7 Å². The molecule has 138 valence electrons. The summed E-state index contributed by atoms with van der Waals surface area (Å²) in [4.78, 5) is 9.43. The van der Waals surface area contributed by atoms with Gasteiger partial charge in [0, 0.05) is 17.7 Å². The van der Waals surface area contributed by atoms with E-state index in [1.807, 2.05) is 0 Å². The summed E-state index contributed by atoms with van der Waals surface area (Å²) in [6, 6.07) is 10.8. The maximum atomic E-state index is 11.8. The quantitative estimate of drug-likeness (QED) is 0.649. The highest BCUT2D eigenvalue weighted by Crippen LogP contribution is 2.37. The Morgan fingerprint density at radius 1 is 1.04 bits per heavy atom. The molecule has 0 saturated carbocycles. The van der Waals surface area contributed by atoms with E-state index in [-0.39, 0.29) is 22.0 Å². The molecule has 0 amide bonds. The lowest BCUT2D eigenvalue weighted by atomic mass is 9.85. The zero-order chi connectivity index (χ0) is 19.8. The lowest BCUT2D eigenvalue weighted by Crippen LogP contribution is -2.07. The van der Waals surface area contributed by atoms with Crippen LogP contribution in [-0.2, 0) is 10.1 Å². The monoisotopic (exact) mass is 382 g/mol. The largest absolute Gasteiger partial charge is 0.744 e. The number of aryl methyl sites for hydroxylation is 1. The molecular formula is C21H18O5S. The fourth-order valence-electron chi connectivity index (χ4n) is 3.18. The van der Waals surface area contributed by atoms with E-state index in [1.54, 1.807) is 50.3 Å². The number of allylic oxidation sites excluding steroid dienone is 5. The van der Waals surface area contributed by atoms with E-state index in [2.05, 4.69) is 0 Å². The van der Waals surface area contributed by atoms with E-state index in [0.29, 0.717) is 16.7 Å². The van der Waals surface area contributed by atoms with Gasteiger partial charge in [0.2, 0.25) is 0 Å². The molecule has 2 aromatic carbocycles. The van der Waals surface area contributed by atoms with E-state index in [0.717, 1.165) is 11.1 Å². The molecule has 3 rings (SSSR count). The predicted molar refractivity (Wildman–Crippen MR) is 103 cm³/mol. The second kappa shape index (κ2) is 6.98. The third-order valence-electron chi connectivity index (χ3n) is 4.38. The summed E-state index contributed by atoms with van der Waals surface area (Å²) in [6.07, 6.45) is 4.76. The van der Waals surface area contributed by atoms with E-state index >= 15 is 0 Å². The van der Waals surface area contributed by atoms with Crippen molar-refractivity contribution in [3.05, 3.63) is 88.5 Å². The first kappa shape index (κ1) is 18.8. The van der Waals surface area contributed by atoms with Crippen molar-refractivity contribution < 1.29 is 22.9 Å². The summed E-state index contributed by atoms with van der Waals surface area (Å²) in [5, 5.41) is 9.75. The van der Waals surface area contributed by atoms with Crippen molar-refractivity contribution in [2.24, 2.45) is 0 Å². The zero-order valence-corrected chi connectivity index (χ0v) is 15.6. The zero-order valence-electron chi connectivity index (χ0n) is 14.8. The number of phenols is 1. The molecule has 0 spiro atoms. The van der Waals surface area contributed by atoms with E-state index < -0.39 is 10.1 Å². The van der Waals surface area contributed by atoms with Crippen molar-refractivity contribution in [1.29, 1.82) is 0 Å². The highest BCUT2D eigenvalue weighted by molar-refractivity contribution is 7.85. The molecule has 5 nitrogen and oxygen atoms in total. The SMILES string of the molecule is CC1=CC(=[OH+])C=C/C1=C(\c1ccc(O)cc1C)c1ccccc1S(=O)(=O)[O-]. The van der Waals surface area contributed by atoms with Crippen LogP contribution < -0.4 is 0 Å². The van der Waals surface area contributed by atoms with Crippen LogP contribution in [0.2, 0.25) is 0 Å². The Bertz CT molecular complexity index is 1130. The fourth-order valence-corrected chi connectivity index (χ4v) is 3.87. The third-order valence-corrected chi connectivity index (χ3v) is 5.28. The topological polar surface area (TPSA) is 98.8 Å². The minimum atomic E-state index is -4.71. The Kier molecular flexibility index (Phi) is 4.87. The molecule has 27 heavy (non-hydrogen) atoms. The van der Waals surface area contributed by atoms with Crippen LogP contribution in [0.4, 0.5) is 0 Å². The first-order valence-corrected chi connectivity index (χ1v) is 9.61. The lowest BCUT2D eigenvalue weighted by molar-refractivity contribution is 0.462. The molecule has 0 saturated heterocycles. The summed E-state index contributed by atoms with van der Waals surface area (Å²) >= 11 is 0. The molecule has 0 unspecified atom stereocenters. The van der Waals surface area contributed by atoms with Crippen LogP contribution in [0.5, 0.6) is 5.75 Å². The van der Waals surface area contributed by atoms with Crippen LogP contribution in [0.1, 0.15) is 23.6 Å². The highest BCUT2D eigenvalue weighted by Gasteiger charge is 2.22. The van der Waals surface area contributed by atoms with Crippen molar-refractivity contribution in [3.63, 3.8) is 0 Å². The molecule has 1 aliphatic rings. The number of benzene rings is 2. The van der Waals surface area contributed by atoms with Crippen LogP contribution in [-0.4, -0.2) is 28.7 Å². The van der Waals surface area contributed by atoms with Gasteiger partial charge in [-0.3, -0.25) is 4.79 Å². The minimum Gasteiger partial charge on any atom is -0.744 e. The minimum absolute atomic E-state index is 0.0859. The Hall–Kier alpha value is -2.96. The van der Waals surface area contributed by atoms with Gasteiger partial charge in [-0.25, -0.2) is 8.42 Å². The van der Waals surface area contributed by atoms with Crippen molar-refractivity contribution >= 4 is 21.5 Å². The molecule has 6 heteroatoms. The second-order valence-electron chi connectivity index (χ2n) is 6.32. The molecule has 0 radical (unpaired) electrons. The highest BCUT2D eigenvalue weighted by atomic mass is 32.2. The normalized spacial score (nSPS) is 16.3. The number of aromatic hydroxyl groups is 1. The Labute approximate surface area is 157 Å². The van der Waals surface area contributed by atoms with Crippen LogP contribution in [0.3, 0.4) is 0 Å². The summed E-state index contributed by atoms with van der Waals surface area (Å²) < 4.78 is 35.5.